The standard InChI is InChI=1S/C25H21N7O/c1-16-8-9-18(24-30-23(31-32-24)17-5-3-7-20(13-17)33-2)14-22(16)29-25-27-12-10-21(28-25)19-6-4-11-26-15-19/h3-15,24H,1-2H3,(H,27,28,29). The molecule has 1 atom stereocenters. The zero-order valence-corrected chi connectivity index (χ0v) is 18.2. The molecule has 0 saturated heterocycles. The Kier molecular flexibility index (Phi) is 5.55. The van der Waals surface area contributed by atoms with Gasteiger partial charge in [-0.05, 0) is 48.9 Å². The molecule has 0 bridgehead atoms. The largest absolute Gasteiger partial charge is 0.497 e. The lowest BCUT2D eigenvalue weighted by atomic mass is 10.1. The molecule has 8 nitrogen and oxygen atoms in total. The van der Waals surface area contributed by atoms with Gasteiger partial charge in [-0.3, -0.25) is 4.98 Å². The number of hydrogen-bond donors (Lipinski definition) is 1. The first-order chi connectivity index (χ1) is 16.2. The molecule has 33 heavy (non-hydrogen) atoms. The zero-order valence-electron chi connectivity index (χ0n) is 18.2. The number of nitrogens with one attached hydrogen (secondary N) is 1. The van der Waals surface area contributed by atoms with Crippen molar-refractivity contribution in [2.45, 2.75) is 13.1 Å². The van der Waals surface area contributed by atoms with E-state index in [-0.39, 0.29) is 0 Å². The minimum absolute atomic E-state index is 0.407. The van der Waals surface area contributed by atoms with Crippen LogP contribution < -0.4 is 10.1 Å². The predicted octanol–water partition coefficient (Wildman–Crippen LogP) is 5.51. The lowest BCUT2D eigenvalue weighted by molar-refractivity contribution is 0.414. The van der Waals surface area contributed by atoms with Crippen LogP contribution in [-0.4, -0.2) is 27.9 Å². The SMILES string of the molecule is COc1cccc(C2=NC(c3ccc(C)c(Nc4nccc(-c5cccnc5)n4)c3)N=N2)c1. The average molecular weight is 435 g/mol. The zero-order chi connectivity index (χ0) is 22.6. The number of anilines is 2. The van der Waals surface area contributed by atoms with Gasteiger partial charge >= 0.3 is 0 Å². The van der Waals surface area contributed by atoms with Gasteiger partial charge in [-0.2, -0.15) is 5.11 Å². The van der Waals surface area contributed by atoms with Crippen molar-refractivity contribution < 1.29 is 4.74 Å². The number of aliphatic imine (C=N–C) groups is 1. The quantitative estimate of drug-likeness (QED) is 0.431. The summed E-state index contributed by atoms with van der Waals surface area (Å²) in [6.45, 7) is 2.03. The number of aromatic nitrogens is 3. The van der Waals surface area contributed by atoms with Crippen molar-refractivity contribution in [1.82, 2.24) is 15.0 Å². The summed E-state index contributed by atoms with van der Waals surface area (Å²) in [5, 5.41) is 12.0. The summed E-state index contributed by atoms with van der Waals surface area (Å²) in [5.74, 6) is 1.84. The smallest absolute Gasteiger partial charge is 0.227 e. The average Bonchev–Trinajstić information content (AvgIpc) is 3.37. The van der Waals surface area contributed by atoms with Crippen molar-refractivity contribution in [2.75, 3.05) is 12.4 Å². The highest BCUT2D eigenvalue weighted by atomic mass is 16.5. The fraction of sp³-hybridized carbons (Fsp3) is 0.120. The van der Waals surface area contributed by atoms with E-state index >= 15 is 0 Å². The highest BCUT2D eigenvalue weighted by Gasteiger charge is 2.19. The molecular formula is C25H21N7O. The Hall–Kier alpha value is -4.46. The number of benzene rings is 2. The van der Waals surface area contributed by atoms with Crippen LogP contribution in [0.3, 0.4) is 0 Å². The molecule has 8 heteroatoms. The summed E-state index contributed by atoms with van der Waals surface area (Å²) in [4.78, 5) is 17.9. The highest BCUT2D eigenvalue weighted by molar-refractivity contribution is 6.00. The molecule has 0 saturated carbocycles. The molecule has 0 radical (unpaired) electrons. The number of methoxy groups -OCH3 is 1. The summed E-state index contributed by atoms with van der Waals surface area (Å²) in [6.07, 6.45) is 4.84. The van der Waals surface area contributed by atoms with Crippen molar-refractivity contribution >= 4 is 17.5 Å². The second-order valence-corrected chi connectivity index (χ2v) is 7.48. The van der Waals surface area contributed by atoms with Gasteiger partial charge in [0.25, 0.3) is 0 Å². The number of hydrogen-bond acceptors (Lipinski definition) is 8. The molecule has 0 amide bonds. The Bertz CT molecular complexity index is 1350. The third kappa shape index (κ3) is 4.45. The molecule has 0 aliphatic carbocycles. The number of azo groups is 1. The van der Waals surface area contributed by atoms with Crippen molar-refractivity contribution in [3.8, 4) is 17.0 Å². The minimum atomic E-state index is -0.407. The van der Waals surface area contributed by atoms with Gasteiger partial charge in [0, 0.05) is 41.0 Å². The molecule has 4 aromatic rings. The first kappa shape index (κ1) is 20.4. The van der Waals surface area contributed by atoms with Crippen molar-refractivity contribution in [2.24, 2.45) is 15.2 Å². The Balaban J connectivity index is 1.39. The maximum absolute atomic E-state index is 5.30. The van der Waals surface area contributed by atoms with Crippen LogP contribution >= 0.6 is 0 Å². The van der Waals surface area contributed by atoms with Gasteiger partial charge < -0.3 is 10.1 Å². The summed E-state index contributed by atoms with van der Waals surface area (Å²) in [6, 6.07) is 19.4. The van der Waals surface area contributed by atoms with Crippen LogP contribution in [-0.2, 0) is 0 Å². The van der Waals surface area contributed by atoms with Crippen LogP contribution in [0.2, 0.25) is 0 Å². The lowest BCUT2D eigenvalue weighted by Crippen LogP contribution is -2.01. The van der Waals surface area contributed by atoms with Crippen LogP contribution in [0.5, 0.6) is 5.75 Å². The molecule has 162 valence electrons. The molecule has 0 fully saturated rings. The van der Waals surface area contributed by atoms with E-state index in [0.717, 1.165) is 39.4 Å². The van der Waals surface area contributed by atoms with E-state index in [1.807, 2.05) is 67.6 Å². The van der Waals surface area contributed by atoms with E-state index in [2.05, 4.69) is 30.5 Å². The Morgan fingerprint density at radius 2 is 1.85 bits per heavy atom. The maximum Gasteiger partial charge on any atom is 0.227 e. The van der Waals surface area contributed by atoms with Crippen molar-refractivity contribution in [3.05, 3.63) is 95.9 Å². The van der Waals surface area contributed by atoms with Crippen molar-refractivity contribution in [3.63, 3.8) is 0 Å². The molecule has 2 aromatic carbocycles. The summed E-state index contributed by atoms with van der Waals surface area (Å²) >= 11 is 0. The molecule has 1 N–H and O–H groups in total. The van der Waals surface area contributed by atoms with E-state index in [1.54, 1.807) is 25.7 Å². The number of ether oxygens (including phenoxy) is 1. The normalized spacial score (nSPS) is 14.7. The van der Waals surface area contributed by atoms with Crippen LogP contribution in [0.15, 0.2) is 94.5 Å². The second-order valence-electron chi connectivity index (χ2n) is 7.48. The van der Waals surface area contributed by atoms with Crippen LogP contribution in [0, 0.1) is 6.92 Å². The van der Waals surface area contributed by atoms with E-state index in [1.165, 1.54) is 0 Å². The van der Waals surface area contributed by atoms with Gasteiger partial charge in [-0.15, -0.1) is 5.11 Å². The fourth-order valence-electron chi connectivity index (χ4n) is 3.46. The van der Waals surface area contributed by atoms with Gasteiger partial charge in [0.15, 0.2) is 12.0 Å². The van der Waals surface area contributed by atoms with Crippen LogP contribution in [0.4, 0.5) is 11.6 Å². The number of amidine groups is 1. The van der Waals surface area contributed by atoms with Gasteiger partial charge in [-0.25, -0.2) is 15.0 Å². The minimum Gasteiger partial charge on any atom is -0.497 e. The summed E-state index contributed by atoms with van der Waals surface area (Å²) in [5.41, 5.74) is 5.46. The van der Waals surface area contributed by atoms with Crippen LogP contribution in [0.25, 0.3) is 11.3 Å². The van der Waals surface area contributed by atoms with Crippen LogP contribution in [0.1, 0.15) is 22.9 Å². The molecule has 3 heterocycles. The third-order valence-electron chi connectivity index (χ3n) is 5.25. The van der Waals surface area contributed by atoms with E-state index in [9.17, 15) is 0 Å². The van der Waals surface area contributed by atoms with Gasteiger partial charge in [0.05, 0.1) is 12.8 Å². The number of aryl methyl sites for hydroxylation is 1. The predicted molar refractivity (Wildman–Crippen MR) is 127 cm³/mol. The van der Waals surface area contributed by atoms with Gasteiger partial charge in [0.1, 0.15) is 5.75 Å². The molecule has 1 aliphatic heterocycles. The first-order valence-corrected chi connectivity index (χ1v) is 10.4. The number of nitrogens with zero attached hydrogens (tertiary/aromatic N) is 6. The highest BCUT2D eigenvalue weighted by Crippen LogP contribution is 2.31. The Morgan fingerprint density at radius 1 is 0.939 bits per heavy atom. The molecule has 2 aromatic heterocycles. The monoisotopic (exact) mass is 435 g/mol. The Labute approximate surface area is 191 Å². The van der Waals surface area contributed by atoms with Gasteiger partial charge in [0.2, 0.25) is 5.95 Å². The second kappa shape index (κ2) is 8.96. The summed E-state index contributed by atoms with van der Waals surface area (Å²) < 4.78 is 5.30. The molecular weight excluding hydrogens is 414 g/mol. The Morgan fingerprint density at radius 3 is 2.70 bits per heavy atom. The summed E-state index contributed by atoms with van der Waals surface area (Å²) in [7, 11) is 1.64. The van der Waals surface area contributed by atoms with E-state index in [4.69, 9.17) is 9.73 Å². The molecule has 5 rings (SSSR count). The lowest BCUT2D eigenvalue weighted by Gasteiger charge is -2.12. The fourth-order valence-corrected chi connectivity index (χ4v) is 3.46. The van der Waals surface area contributed by atoms with Crippen molar-refractivity contribution in [1.29, 1.82) is 0 Å². The van der Waals surface area contributed by atoms with E-state index in [0.29, 0.717) is 11.8 Å². The molecule has 1 unspecified atom stereocenters. The topological polar surface area (TPSA) is 97.0 Å². The molecule has 1 aliphatic rings. The van der Waals surface area contributed by atoms with E-state index < -0.39 is 6.17 Å². The maximum atomic E-state index is 5.30. The van der Waals surface area contributed by atoms with Gasteiger partial charge in [-0.1, -0.05) is 24.3 Å². The number of pyridine rings is 1. The third-order valence-corrected chi connectivity index (χ3v) is 5.25. The molecule has 0 spiro atoms. The number of rotatable bonds is 6. The first-order valence-electron chi connectivity index (χ1n) is 10.4.